The maximum absolute atomic E-state index is 5.93. The van der Waals surface area contributed by atoms with Gasteiger partial charge in [0.15, 0.2) is 0 Å². The molecule has 0 radical (unpaired) electrons. The Morgan fingerprint density at radius 3 is 2.60 bits per heavy atom. The second-order valence-electron chi connectivity index (χ2n) is 6.06. The summed E-state index contributed by atoms with van der Waals surface area (Å²) in [6.45, 7) is 11.7. The average Bonchev–Trinajstić information content (AvgIpc) is 2.33. The second kappa shape index (κ2) is 7.48. The van der Waals surface area contributed by atoms with Gasteiger partial charge in [0.05, 0.1) is 0 Å². The lowest BCUT2D eigenvalue weighted by molar-refractivity contribution is 0.340. The number of rotatable bonds is 5. The summed E-state index contributed by atoms with van der Waals surface area (Å²) in [5.74, 6) is 0.933. The van der Waals surface area contributed by atoms with E-state index in [1.165, 1.54) is 0 Å². The van der Waals surface area contributed by atoms with Crippen molar-refractivity contribution in [2.24, 2.45) is 0 Å². The summed E-state index contributed by atoms with van der Waals surface area (Å²) in [4.78, 5) is 0. The Morgan fingerprint density at radius 2 is 2.05 bits per heavy atom. The number of hydrogen-bond donors (Lipinski definition) is 1. The highest BCUT2D eigenvalue weighted by molar-refractivity contribution is 9.10. The van der Waals surface area contributed by atoms with Crippen LogP contribution in [0.25, 0.3) is 0 Å². The smallest absolute Gasteiger partial charge is 0.127 e. The molecule has 0 aromatic heterocycles. The lowest BCUT2D eigenvalue weighted by Gasteiger charge is -2.22. The SMILES string of the molecule is CC(=CCl)COc1c(C)cc(Br)cc1CNC(C)(C)C. The number of ether oxygens (including phenoxy) is 1. The van der Waals surface area contributed by atoms with Crippen LogP contribution in [0, 0.1) is 6.92 Å². The summed E-state index contributed by atoms with van der Waals surface area (Å²) in [6, 6.07) is 4.16. The highest BCUT2D eigenvalue weighted by Gasteiger charge is 2.13. The minimum Gasteiger partial charge on any atom is -0.489 e. The van der Waals surface area contributed by atoms with Gasteiger partial charge in [-0.15, -0.1) is 0 Å². The zero-order valence-corrected chi connectivity index (χ0v) is 15.2. The van der Waals surface area contributed by atoms with Crippen molar-refractivity contribution in [1.82, 2.24) is 5.32 Å². The first kappa shape index (κ1) is 17.5. The molecule has 1 aromatic rings. The Bertz CT molecular complexity index is 492. The molecule has 1 N–H and O–H groups in total. The van der Waals surface area contributed by atoms with Crippen molar-refractivity contribution in [1.29, 1.82) is 0 Å². The van der Waals surface area contributed by atoms with Gasteiger partial charge in [0.25, 0.3) is 0 Å². The maximum atomic E-state index is 5.93. The van der Waals surface area contributed by atoms with Gasteiger partial charge in [0.2, 0.25) is 0 Å². The normalized spacial score (nSPS) is 12.7. The van der Waals surface area contributed by atoms with Crippen LogP contribution in [0.15, 0.2) is 27.7 Å². The predicted molar refractivity (Wildman–Crippen MR) is 90.6 cm³/mol. The number of nitrogens with one attached hydrogen (secondary N) is 1. The van der Waals surface area contributed by atoms with Gasteiger partial charge in [0.1, 0.15) is 12.4 Å². The van der Waals surface area contributed by atoms with E-state index in [1.807, 2.05) is 6.92 Å². The van der Waals surface area contributed by atoms with E-state index in [9.17, 15) is 0 Å². The molecule has 0 saturated heterocycles. The van der Waals surface area contributed by atoms with E-state index < -0.39 is 0 Å². The van der Waals surface area contributed by atoms with Crippen molar-refractivity contribution in [3.05, 3.63) is 38.8 Å². The van der Waals surface area contributed by atoms with Crippen molar-refractivity contribution in [2.45, 2.75) is 46.7 Å². The van der Waals surface area contributed by atoms with Gasteiger partial charge in [-0.25, -0.2) is 0 Å². The summed E-state index contributed by atoms with van der Waals surface area (Å²) in [5.41, 5.74) is 4.89. The standard InChI is InChI=1S/C16H23BrClNO/c1-11(8-18)10-20-15-12(2)6-14(17)7-13(15)9-19-16(3,4)5/h6-8,19H,9-10H2,1-5H3. The molecule has 0 bridgehead atoms. The Morgan fingerprint density at radius 1 is 1.40 bits per heavy atom. The lowest BCUT2D eigenvalue weighted by Crippen LogP contribution is -2.35. The molecule has 0 fully saturated rings. The summed E-state index contributed by atoms with van der Waals surface area (Å²) >= 11 is 9.23. The Balaban J connectivity index is 2.95. The third-order valence-corrected chi connectivity index (χ3v) is 3.59. The molecule has 112 valence electrons. The summed E-state index contributed by atoms with van der Waals surface area (Å²) < 4.78 is 6.99. The molecule has 0 aliphatic carbocycles. The zero-order chi connectivity index (χ0) is 15.3. The van der Waals surface area contributed by atoms with E-state index in [2.05, 4.69) is 61.1 Å². The van der Waals surface area contributed by atoms with Gasteiger partial charge in [-0.2, -0.15) is 0 Å². The summed E-state index contributed by atoms with van der Waals surface area (Å²) in [5, 5.41) is 3.49. The quantitative estimate of drug-likeness (QED) is 0.782. The first-order valence-corrected chi connectivity index (χ1v) is 7.88. The van der Waals surface area contributed by atoms with Crippen LogP contribution in [0.2, 0.25) is 0 Å². The number of benzene rings is 1. The highest BCUT2D eigenvalue weighted by atomic mass is 79.9. The zero-order valence-electron chi connectivity index (χ0n) is 12.8. The van der Waals surface area contributed by atoms with Crippen LogP contribution in [-0.2, 0) is 6.54 Å². The monoisotopic (exact) mass is 359 g/mol. The molecular formula is C16H23BrClNO. The molecule has 0 aliphatic heterocycles. The van der Waals surface area contributed by atoms with E-state index in [1.54, 1.807) is 5.54 Å². The summed E-state index contributed by atoms with van der Waals surface area (Å²) in [7, 11) is 0. The fourth-order valence-corrected chi connectivity index (χ4v) is 2.40. The van der Waals surface area contributed by atoms with E-state index in [0.717, 1.165) is 33.5 Å². The van der Waals surface area contributed by atoms with E-state index in [-0.39, 0.29) is 5.54 Å². The molecular weight excluding hydrogens is 338 g/mol. The van der Waals surface area contributed by atoms with Gasteiger partial charge in [-0.3, -0.25) is 0 Å². The van der Waals surface area contributed by atoms with Crippen LogP contribution in [0.1, 0.15) is 38.8 Å². The van der Waals surface area contributed by atoms with Crippen molar-refractivity contribution in [3.8, 4) is 5.75 Å². The van der Waals surface area contributed by atoms with E-state index in [0.29, 0.717) is 6.61 Å². The molecule has 0 aliphatic rings. The molecule has 0 saturated carbocycles. The van der Waals surface area contributed by atoms with E-state index >= 15 is 0 Å². The lowest BCUT2D eigenvalue weighted by atomic mass is 10.1. The van der Waals surface area contributed by atoms with Crippen LogP contribution in [0.3, 0.4) is 0 Å². The Kier molecular flexibility index (Phi) is 6.56. The van der Waals surface area contributed by atoms with Crippen LogP contribution in [0.5, 0.6) is 5.75 Å². The van der Waals surface area contributed by atoms with Crippen LogP contribution < -0.4 is 10.1 Å². The minimum atomic E-state index is 0.0689. The van der Waals surface area contributed by atoms with Crippen molar-refractivity contribution in [2.75, 3.05) is 6.61 Å². The Labute approximate surface area is 135 Å². The molecule has 1 rings (SSSR count). The third kappa shape index (κ3) is 5.86. The van der Waals surface area contributed by atoms with Gasteiger partial charge in [0, 0.05) is 27.7 Å². The number of halogens is 2. The molecule has 20 heavy (non-hydrogen) atoms. The van der Waals surface area contributed by atoms with Crippen molar-refractivity contribution >= 4 is 27.5 Å². The van der Waals surface area contributed by atoms with Gasteiger partial charge < -0.3 is 10.1 Å². The van der Waals surface area contributed by atoms with Gasteiger partial charge in [-0.05, 0) is 57.9 Å². The van der Waals surface area contributed by atoms with Crippen molar-refractivity contribution in [3.63, 3.8) is 0 Å². The van der Waals surface area contributed by atoms with Crippen LogP contribution in [-0.4, -0.2) is 12.1 Å². The third-order valence-electron chi connectivity index (χ3n) is 2.76. The molecule has 1 aromatic carbocycles. The first-order chi connectivity index (χ1) is 9.23. The molecule has 0 atom stereocenters. The number of hydrogen-bond acceptors (Lipinski definition) is 2. The second-order valence-corrected chi connectivity index (χ2v) is 7.19. The van der Waals surface area contributed by atoms with Crippen molar-refractivity contribution < 1.29 is 4.74 Å². The Hall–Kier alpha value is -0.510. The topological polar surface area (TPSA) is 21.3 Å². The summed E-state index contributed by atoms with van der Waals surface area (Å²) in [6.07, 6.45) is 0. The minimum absolute atomic E-state index is 0.0689. The van der Waals surface area contributed by atoms with Gasteiger partial charge >= 0.3 is 0 Å². The maximum Gasteiger partial charge on any atom is 0.127 e. The van der Waals surface area contributed by atoms with Crippen LogP contribution in [0.4, 0.5) is 0 Å². The fourth-order valence-electron chi connectivity index (χ4n) is 1.72. The number of aryl methyl sites for hydroxylation is 1. The molecule has 0 amide bonds. The highest BCUT2D eigenvalue weighted by Crippen LogP contribution is 2.29. The van der Waals surface area contributed by atoms with Gasteiger partial charge in [-0.1, -0.05) is 27.5 Å². The first-order valence-electron chi connectivity index (χ1n) is 6.65. The average molecular weight is 361 g/mol. The molecule has 4 heteroatoms. The molecule has 0 heterocycles. The molecule has 2 nitrogen and oxygen atoms in total. The predicted octanol–water partition coefficient (Wildman–Crippen LogP) is 5.17. The largest absolute Gasteiger partial charge is 0.489 e. The molecule has 0 unspecified atom stereocenters. The van der Waals surface area contributed by atoms with Crippen LogP contribution >= 0.6 is 27.5 Å². The van der Waals surface area contributed by atoms with E-state index in [4.69, 9.17) is 16.3 Å². The fraction of sp³-hybridized carbons (Fsp3) is 0.500. The molecule has 0 spiro atoms.